The number of hydrogen-bond acceptors (Lipinski definition) is 2. The number of carbonyl (C=O) groups is 1. The first-order valence-electron chi connectivity index (χ1n) is 6.70. The molecule has 2 unspecified atom stereocenters. The van der Waals surface area contributed by atoms with Crippen LogP contribution in [0.1, 0.15) is 37.9 Å². The molecule has 20 heavy (non-hydrogen) atoms. The minimum absolute atomic E-state index is 0.257. The zero-order valence-corrected chi connectivity index (χ0v) is 12.3. The normalized spacial score (nSPS) is 14.3. The van der Waals surface area contributed by atoms with E-state index in [1.807, 2.05) is 11.8 Å². The predicted molar refractivity (Wildman–Crippen MR) is 73.6 cm³/mol. The molecule has 0 amide bonds. The van der Waals surface area contributed by atoms with Gasteiger partial charge >= 0.3 is 5.97 Å². The lowest BCUT2D eigenvalue weighted by molar-refractivity contribution is -0.141. The highest BCUT2D eigenvalue weighted by Crippen LogP contribution is 2.26. The molecular weight excluding hydrogens is 264 g/mol. The van der Waals surface area contributed by atoms with Crippen LogP contribution in [-0.4, -0.2) is 29.1 Å². The zero-order chi connectivity index (χ0) is 15.4. The van der Waals surface area contributed by atoms with Crippen LogP contribution in [0, 0.1) is 24.5 Å². The average Bonchev–Trinajstić information content (AvgIpc) is 2.38. The van der Waals surface area contributed by atoms with Gasteiger partial charge in [-0.2, -0.15) is 0 Å². The predicted octanol–water partition coefficient (Wildman–Crippen LogP) is 3.38. The highest BCUT2D eigenvalue weighted by atomic mass is 19.1. The molecule has 0 saturated carbocycles. The molecule has 0 aliphatic rings. The molecule has 1 aromatic rings. The van der Waals surface area contributed by atoms with Gasteiger partial charge in [0.15, 0.2) is 0 Å². The number of rotatable bonds is 6. The van der Waals surface area contributed by atoms with Crippen molar-refractivity contribution in [2.45, 2.75) is 33.7 Å². The van der Waals surface area contributed by atoms with E-state index in [1.165, 1.54) is 19.1 Å². The third-order valence-corrected chi connectivity index (χ3v) is 3.61. The van der Waals surface area contributed by atoms with E-state index < -0.39 is 23.5 Å². The Bertz CT molecular complexity index is 491. The summed E-state index contributed by atoms with van der Waals surface area (Å²) in [5.41, 5.74) is 0.521. The lowest BCUT2D eigenvalue weighted by Gasteiger charge is -2.30. The van der Waals surface area contributed by atoms with Gasteiger partial charge in [-0.25, -0.2) is 8.78 Å². The Morgan fingerprint density at radius 3 is 2.40 bits per heavy atom. The first-order chi connectivity index (χ1) is 9.27. The number of hydrogen-bond donors (Lipinski definition) is 1. The molecule has 0 saturated heterocycles. The Hall–Kier alpha value is -1.49. The molecule has 2 atom stereocenters. The maximum absolute atomic E-state index is 14.0. The van der Waals surface area contributed by atoms with Gasteiger partial charge < -0.3 is 5.11 Å². The summed E-state index contributed by atoms with van der Waals surface area (Å²) in [6, 6.07) is 2.00. The molecule has 0 spiro atoms. The van der Waals surface area contributed by atoms with Crippen molar-refractivity contribution in [1.82, 2.24) is 4.90 Å². The molecule has 0 radical (unpaired) electrons. The smallest absolute Gasteiger partial charge is 0.307 e. The Morgan fingerprint density at radius 2 is 1.90 bits per heavy atom. The van der Waals surface area contributed by atoms with E-state index in [0.717, 1.165) is 0 Å². The molecule has 0 fully saturated rings. The van der Waals surface area contributed by atoms with E-state index in [-0.39, 0.29) is 17.2 Å². The Balaban J connectivity index is 2.99. The second-order valence-corrected chi connectivity index (χ2v) is 5.13. The van der Waals surface area contributed by atoms with Gasteiger partial charge in [0, 0.05) is 18.2 Å². The number of carboxylic acids is 1. The molecule has 0 aliphatic heterocycles. The number of carboxylic acid groups (broad SMARTS) is 1. The molecule has 0 aromatic heterocycles. The lowest BCUT2D eigenvalue weighted by atomic mass is 10.0. The Labute approximate surface area is 118 Å². The lowest BCUT2D eigenvalue weighted by Crippen LogP contribution is -2.34. The van der Waals surface area contributed by atoms with Crippen LogP contribution >= 0.6 is 0 Å². The molecular formula is C15H21F2NO2. The standard InChI is InChI=1S/C15H21F2NO2/c1-5-18(8-10(3)15(19)20)11(4)12-7-13(16)9(2)6-14(12)17/h6-7,10-11H,5,8H2,1-4H3,(H,19,20). The molecule has 1 rings (SSSR count). The molecule has 1 N–H and O–H groups in total. The highest BCUT2D eigenvalue weighted by Gasteiger charge is 2.23. The fourth-order valence-electron chi connectivity index (χ4n) is 2.17. The van der Waals surface area contributed by atoms with Crippen molar-refractivity contribution in [2.75, 3.05) is 13.1 Å². The summed E-state index contributed by atoms with van der Waals surface area (Å²) in [4.78, 5) is 12.7. The largest absolute Gasteiger partial charge is 0.481 e. The Morgan fingerprint density at radius 1 is 1.30 bits per heavy atom. The summed E-state index contributed by atoms with van der Waals surface area (Å²) >= 11 is 0. The van der Waals surface area contributed by atoms with Crippen molar-refractivity contribution in [3.8, 4) is 0 Å². The van der Waals surface area contributed by atoms with Crippen LogP contribution in [0.15, 0.2) is 12.1 Å². The molecule has 1 aromatic carbocycles. The first-order valence-corrected chi connectivity index (χ1v) is 6.70. The van der Waals surface area contributed by atoms with Gasteiger partial charge in [0.2, 0.25) is 0 Å². The first kappa shape index (κ1) is 16.6. The topological polar surface area (TPSA) is 40.5 Å². The quantitative estimate of drug-likeness (QED) is 0.871. The number of halogens is 2. The second-order valence-electron chi connectivity index (χ2n) is 5.13. The van der Waals surface area contributed by atoms with Gasteiger partial charge in [-0.05, 0) is 38.1 Å². The van der Waals surface area contributed by atoms with Crippen molar-refractivity contribution in [1.29, 1.82) is 0 Å². The van der Waals surface area contributed by atoms with Crippen molar-refractivity contribution in [3.05, 3.63) is 34.9 Å². The van der Waals surface area contributed by atoms with Crippen LogP contribution in [0.5, 0.6) is 0 Å². The number of nitrogens with zero attached hydrogens (tertiary/aromatic N) is 1. The van der Waals surface area contributed by atoms with Gasteiger partial charge in [0.1, 0.15) is 11.6 Å². The fraction of sp³-hybridized carbons (Fsp3) is 0.533. The van der Waals surface area contributed by atoms with E-state index in [2.05, 4.69) is 0 Å². The molecule has 0 heterocycles. The van der Waals surface area contributed by atoms with E-state index in [9.17, 15) is 13.6 Å². The molecule has 3 nitrogen and oxygen atoms in total. The molecule has 0 bridgehead atoms. The maximum Gasteiger partial charge on any atom is 0.307 e. The highest BCUT2D eigenvalue weighted by molar-refractivity contribution is 5.69. The number of aryl methyl sites for hydroxylation is 1. The van der Waals surface area contributed by atoms with Gasteiger partial charge in [-0.1, -0.05) is 13.8 Å². The molecule has 5 heteroatoms. The van der Waals surface area contributed by atoms with E-state index in [0.29, 0.717) is 13.1 Å². The monoisotopic (exact) mass is 285 g/mol. The van der Waals surface area contributed by atoms with Crippen LogP contribution in [-0.2, 0) is 4.79 Å². The molecule has 112 valence electrons. The van der Waals surface area contributed by atoms with Crippen LogP contribution in [0.2, 0.25) is 0 Å². The van der Waals surface area contributed by atoms with Crippen molar-refractivity contribution >= 4 is 5.97 Å². The summed E-state index contributed by atoms with van der Waals surface area (Å²) in [7, 11) is 0. The zero-order valence-electron chi connectivity index (χ0n) is 12.3. The summed E-state index contributed by atoms with van der Waals surface area (Å²) in [6.45, 7) is 7.59. The van der Waals surface area contributed by atoms with E-state index >= 15 is 0 Å². The van der Waals surface area contributed by atoms with E-state index in [4.69, 9.17) is 5.11 Å². The third-order valence-electron chi connectivity index (χ3n) is 3.61. The van der Waals surface area contributed by atoms with Crippen molar-refractivity contribution in [3.63, 3.8) is 0 Å². The Kier molecular flexibility index (Phi) is 5.62. The average molecular weight is 285 g/mol. The minimum atomic E-state index is -0.897. The molecule has 0 aliphatic carbocycles. The van der Waals surface area contributed by atoms with Gasteiger partial charge in [-0.15, -0.1) is 0 Å². The summed E-state index contributed by atoms with van der Waals surface area (Å²) in [6.07, 6.45) is 0. The summed E-state index contributed by atoms with van der Waals surface area (Å²) < 4.78 is 27.6. The number of benzene rings is 1. The van der Waals surface area contributed by atoms with Gasteiger partial charge in [0.25, 0.3) is 0 Å². The summed E-state index contributed by atoms with van der Waals surface area (Å²) in [5, 5.41) is 8.95. The second kappa shape index (κ2) is 6.79. The number of aliphatic carboxylic acids is 1. The third kappa shape index (κ3) is 3.76. The van der Waals surface area contributed by atoms with Crippen LogP contribution < -0.4 is 0 Å². The van der Waals surface area contributed by atoms with Crippen LogP contribution in [0.25, 0.3) is 0 Å². The van der Waals surface area contributed by atoms with Crippen molar-refractivity contribution in [2.24, 2.45) is 5.92 Å². The summed E-state index contributed by atoms with van der Waals surface area (Å²) in [5.74, 6) is -2.37. The van der Waals surface area contributed by atoms with Crippen LogP contribution in [0.4, 0.5) is 8.78 Å². The van der Waals surface area contributed by atoms with Gasteiger partial charge in [-0.3, -0.25) is 9.69 Å². The SMILES string of the molecule is CCN(CC(C)C(=O)O)C(C)c1cc(F)c(C)cc1F. The van der Waals surface area contributed by atoms with Gasteiger partial charge in [0.05, 0.1) is 5.92 Å². The van der Waals surface area contributed by atoms with E-state index in [1.54, 1.807) is 13.8 Å². The minimum Gasteiger partial charge on any atom is -0.481 e. The van der Waals surface area contributed by atoms with Crippen LogP contribution in [0.3, 0.4) is 0 Å². The van der Waals surface area contributed by atoms with Crippen molar-refractivity contribution < 1.29 is 18.7 Å². The maximum atomic E-state index is 14.0. The fourth-order valence-corrected chi connectivity index (χ4v) is 2.17.